The molecule has 3 saturated carbocycles. The summed E-state index contributed by atoms with van der Waals surface area (Å²) in [6, 6.07) is 5.65. The van der Waals surface area contributed by atoms with E-state index >= 15 is 0 Å². The Balaban J connectivity index is 1.49. The van der Waals surface area contributed by atoms with Crippen LogP contribution in [-0.4, -0.2) is 57.0 Å². The molecular weight excluding hydrogens is 628 g/mol. The van der Waals surface area contributed by atoms with Crippen LogP contribution in [0.3, 0.4) is 0 Å². The number of fused-ring (bicyclic) bond motifs is 1. The minimum absolute atomic E-state index is 0.0118. The van der Waals surface area contributed by atoms with E-state index in [4.69, 9.17) is 5.73 Å². The summed E-state index contributed by atoms with van der Waals surface area (Å²) < 4.78 is 0. The molecule has 1 aromatic rings. The third-order valence-electron chi connectivity index (χ3n) is 12.4. The first-order chi connectivity index (χ1) is 23.9. The Bertz CT molecular complexity index is 1580. The number of benzene rings is 1. The Labute approximate surface area is 297 Å². The summed E-state index contributed by atoms with van der Waals surface area (Å²) in [5, 5.41) is 48.6. The van der Waals surface area contributed by atoms with Gasteiger partial charge in [-0.1, -0.05) is 72.2 Å². The van der Waals surface area contributed by atoms with E-state index in [1.807, 2.05) is 43.4 Å². The number of carbonyl (C=O) groups excluding carboxylic acids is 2. The van der Waals surface area contributed by atoms with Gasteiger partial charge in [0, 0.05) is 24.4 Å². The third-order valence-corrected chi connectivity index (χ3v) is 12.4. The molecule has 1 spiro atoms. The van der Waals surface area contributed by atoms with E-state index in [1.165, 1.54) is 5.57 Å². The Morgan fingerprint density at radius 2 is 1.96 bits per heavy atom. The van der Waals surface area contributed by atoms with E-state index in [2.05, 4.69) is 31.8 Å². The number of ketones is 1. The van der Waals surface area contributed by atoms with Crippen molar-refractivity contribution in [2.45, 2.75) is 116 Å². The lowest BCUT2D eigenvalue weighted by molar-refractivity contribution is -0.215. The van der Waals surface area contributed by atoms with Crippen molar-refractivity contribution in [3.05, 3.63) is 93.6 Å². The highest BCUT2D eigenvalue weighted by atomic mass is 16.3. The lowest BCUT2D eigenvalue weighted by Crippen LogP contribution is -2.65. The second-order valence-corrected chi connectivity index (χ2v) is 15.5. The molecule has 0 saturated heterocycles. The molecule has 3 fully saturated rings. The fraction of sp³-hybridized carbons (Fsp3) is 0.571. The number of nitrogens with two attached hydrogens (primary N) is 1. The van der Waals surface area contributed by atoms with Crippen molar-refractivity contribution < 1.29 is 30.0 Å². The number of nitrogens with one attached hydrogen (secondary N) is 1. The maximum Gasteiger partial charge on any atom is 0.225 e. The van der Waals surface area contributed by atoms with Crippen molar-refractivity contribution in [2.24, 2.45) is 28.9 Å². The average molecular weight is 687 g/mol. The van der Waals surface area contributed by atoms with Crippen molar-refractivity contribution >= 4 is 11.7 Å². The number of allylic oxidation sites excluding steroid dienone is 8. The van der Waals surface area contributed by atoms with Crippen LogP contribution in [0.2, 0.25) is 0 Å². The van der Waals surface area contributed by atoms with Gasteiger partial charge in [0.2, 0.25) is 5.91 Å². The molecule has 50 heavy (non-hydrogen) atoms. The predicted octanol–water partition coefficient (Wildman–Crippen LogP) is 5.60. The number of aliphatic hydroxyl groups is 4. The number of amides is 1. The maximum atomic E-state index is 14.2. The summed E-state index contributed by atoms with van der Waals surface area (Å²) in [5.74, 6) is -0.888. The first-order valence-electron chi connectivity index (χ1n) is 18.6. The molecule has 1 aromatic carbocycles. The third kappa shape index (κ3) is 7.28. The molecule has 1 aliphatic heterocycles. The van der Waals surface area contributed by atoms with Gasteiger partial charge in [0.1, 0.15) is 6.17 Å². The molecule has 5 rings (SSSR count). The van der Waals surface area contributed by atoms with Gasteiger partial charge in [-0.2, -0.15) is 0 Å². The highest BCUT2D eigenvalue weighted by Crippen LogP contribution is 2.69. The van der Waals surface area contributed by atoms with Crippen LogP contribution in [0.1, 0.15) is 108 Å². The molecule has 4 aliphatic rings. The smallest absolute Gasteiger partial charge is 0.225 e. The van der Waals surface area contributed by atoms with E-state index in [1.54, 1.807) is 0 Å². The molecule has 8 nitrogen and oxygen atoms in total. The fourth-order valence-electron chi connectivity index (χ4n) is 10.1. The van der Waals surface area contributed by atoms with Crippen molar-refractivity contribution in [1.29, 1.82) is 0 Å². The molecule has 1 amide bonds. The van der Waals surface area contributed by atoms with E-state index in [0.29, 0.717) is 44.1 Å². The van der Waals surface area contributed by atoms with Gasteiger partial charge >= 0.3 is 0 Å². The average Bonchev–Trinajstić information content (AvgIpc) is 3.37. The topological polar surface area (TPSA) is 153 Å². The summed E-state index contributed by atoms with van der Waals surface area (Å²) in [7, 11) is 0. The number of hydrogen-bond donors (Lipinski definition) is 6. The van der Waals surface area contributed by atoms with Crippen LogP contribution in [0, 0.1) is 23.2 Å². The predicted molar refractivity (Wildman–Crippen MR) is 197 cm³/mol. The second-order valence-electron chi connectivity index (χ2n) is 15.5. The second kappa shape index (κ2) is 16.0. The molecule has 0 bridgehead atoms. The molecule has 0 aromatic heterocycles. The van der Waals surface area contributed by atoms with Crippen LogP contribution in [0.15, 0.2) is 76.9 Å². The highest BCUT2D eigenvalue weighted by Gasteiger charge is 2.70. The van der Waals surface area contributed by atoms with Crippen molar-refractivity contribution in [3.63, 3.8) is 0 Å². The van der Waals surface area contributed by atoms with Crippen molar-refractivity contribution in [2.75, 3.05) is 13.2 Å². The zero-order chi connectivity index (χ0) is 36.2. The first kappa shape index (κ1) is 38.1. The normalized spacial score (nSPS) is 31.8. The summed E-state index contributed by atoms with van der Waals surface area (Å²) in [6.07, 6.45) is 13.4. The molecule has 272 valence electrons. The zero-order valence-corrected chi connectivity index (χ0v) is 30.2. The number of rotatable bonds is 13. The van der Waals surface area contributed by atoms with Gasteiger partial charge in [-0.25, -0.2) is 0 Å². The molecule has 0 unspecified atom stereocenters. The molecule has 7 atom stereocenters. The number of carbonyl (C=O) groups is 2. The number of aliphatic hydroxyl groups excluding tert-OH is 3. The van der Waals surface area contributed by atoms with Gasteiger partial charge in [-0.3, -0.25) is 9.59 Å². The Morgan fingerprint density at radius 1 is 1.18 bits per heavy atom. The van der Waals surface area contributed by atoms with E-state index < -0.39 is 23.3 Å². The van der Waals surface area contributed by atoms with Crippen LogP contribution in [0.25, 0.3) is 0 Å². The molecule has 8 heteroatoms. The van der Waals surface area contributed by atoms with Crippen molar-refractivity contribution in [1.82, 2.24) is 5.32 Å². The summed E-state index contributed by atoms with van der Waals surface area (Å²) >= 11 is 0. The monoisotopic (exact) mass is 686 g/mol. The van der Waals surface area contributed by atoms with Gasteiger partial charge in [-0.15, -0.1) is 0 Å². The first-order valence-corrected chi connectivity index (χ1v) is 18.6. The summed E-state index contributed by atoms with van der Waals surface area (Å²) in [4.78, 5) is 26.5. The SMILES string of the molecule is C=C(C=CC=C(CO)[C@@H]1C[C@@H]2CCC[C@]3(O)CCC(=C(C)C(=O)Cc4cccc5c4CC(=O)N[C@H]5N)[C@@H](CCCO)[C@@]23[C@@H]1O)CCC=C(C)C. The zero-order valence-electron chi connectivity index (χ0n) is 30.2. The van der Waals surface area contributed by atoms with E-state index in [0.717, 1.165) is 59.1 Å². The Hall–Kier alpha value is -3.14. The largest absolute Gasteiger partial charge is 0.396 e. The minimum atomic E-state index is -1.13. The maximum absolute atomic E-state index is 14.2. The molecular formula is C42H58N2O6. The van der Waals surface area contributed by atoms with Gasteiger partial charge in [0.05, 0.1) is 24.7 Å². The summed E-state index contributed by atoms with van der Waals surface area (Å²) in [6.45, 7) is 9.96. The molecule has 0 radical (unpaired) electrons. The van der Waals surface area contributed by atoms with Crippen LogP contribution < -0.4 is 11.1 Å². The minimum Gasteiger partial charge on any atom is -0.396 e. The van der Waals surface area contributed by atoms with Crippen LogP contribution >= 0.6 is 0 Å². The number of hydrogen-bond acceptors (Lipinski definition) is 7. The Morgan fingerprint density at radius 3 is 2.68 bits per heavy atom. The van der Waals surface area contributed by atoms with Gasteiger partial charge in [0.25, 0.3) is 0 Å². The van der Waals surface area contributed by atoms with Crippen LogP contribution in [0.4, 0.5) is 0 Å². The highest BCUT2D eigenvalue weighted by molar-refractivity contribution is 5.97. The van der Waals surface area contributed by atoms with Gasteiger partial charge in [-0.05, 0) is 118 Å². The van der Waals surface area contributed by atoms with E-state index in [-0.39, 0.29) is 55.5 Å². The fourth-order valence-corrected chi connectivity index (χ4v) is 10.1. The molecule has 1 heterocycles. The Kier molecular flexibility index (Phi) is 12.2. The molecule has 7 N–H and O–H groups in total. The molecule has 3 aliphatic carbocycles. The quantitative estimate of drug-likeness (QED) is 0.0897. The van der Waals surface area contributed by atoms with Gasteiger partial charge in [0.15, 0.2) is 5.78 Å². The van der Waals surface area contributed by atoms with E-state index in [9.17, 15) is 30.0 Å². The summed E-state index contributed by atoms with van der Waals surface area (Å²) in [5.41, 5.74) is 11.2. The number of Topliss-reactive ketones (excluding diaryl/α,β-unsaturated/α-hetero) is 1. The van der Waals surface area contributed by atoms with Crippen molar-refractivity contribution in [3.8, 4) is 0 Å². The van der Waals surface area contributed by atoms with Crippen LogP contribution in [0.5, 0.6) is 0 Å². The standard InChI is InChI=1S/C42H58N2O6/c1-26(2)10-5-11-27(3)12-6-14-30(25-46)35-23-31-15-8-19-41(50)20-18-32(36(17-9-21-45)42(31,41)39(35)49)28(4)37(47)22-29-13-7-16-33-34(29)24-38(48)44-40(33)43/h6-7,10,12-14,16,31,35-36,39-40,45-46,49-50H,3,5,8-9,11,15,17-25,43H2,1-2,4H3,(H,44,48)/t31-,35-,36+,39+,40+,41-,42+/m0/s1. The lowest BCUT2D eigenvalue weighted by atomic mass is 9.45. The lowest BCUT2D eigenvalue weighted by Gasteiger charge is -2.61. The van der Waals surface area contributed by atoms with Gasteiger partial charge < -0.3 is 31.5 Å². The van der Waals surface area contributed by atoms with Crippen LogP contribution in [-0.2, 0) is 22.4 Å².